The number of nitrogens with two attached hydrogens (primary N) is 1. The zero-order valence-corrected chi connectivity index (χ0v) is 10.7. The number of halogens is 1. The minimum atomic E-state index is -0.506. The SMILES string of the molecule is Cc1ccc(C(N)=O)c(-n2cc(I)cn2)n1. The predicted octanol–water partition coefficient (Wildman–Crippen LogP) is 1.28. The van der Waals surface area contributed by atoms with Crippen molar-refractivity contribution in [2.75, 3.05) is 0 Å². The lowest BCUT2D eigenvalue weighted by atomic mass is 10.2. The number of amides is 1. The average molecular weight is 328 g/mol. The number of pyridine rings is 1. The third kappa shape index (κ3) is 2.06. The van der Waals surface area contributed by atoms with Crippen molar-refractivity contribution in [3.8, 4) is 5.82 Å². The number of rotatable bonds is 2. The largest absolute Gasteiger partial charge is 0.365 e. The molecular formula is C10H9IN4O. The van der Waals surface area contributed by atoms with Crippen molar-refractivity contribution in [3.63, 3.8) is 0 Å². The Bertz CT molecular complexity index is 550. The zero-order valence-electron chi connectivity index (χ0n) is 8.51. The molecule has 0 saturated heterocycles. The lowest BCUT2D eigenvalue weighted by molar-refractivity contribution is 0.1000. The summed E-state index contributed by atoms with van der Waals surface area (Å²) in [6.07, 6.45) is 3.48. The molecule has 16 heavy (non-hydrogen) atoms. The highest BCUT2D eigenvalue weighted by Gasteiger charge is 2.12. The van der Waals surface area contributed by atoms with Gasteiger partial charge in [-0.05, 0) is 41.6 Å². The summed E-state index contributed by atoms with van der Waals surface area (Å²) in [6, 6.07) is 3.41. The van der Waals surface area contributed by atoms with Gasteiger partial charge in [-0.3, -0.25) is 4.79 Å². The molecule has 2 heterocycles. The van der Waals surface area contributed by atoms with Crippen LogP contribution < -0.4 is 5.73 Å². The molecule has 82 valence electrons. The summed E-state index contributed by atoms with van der Waals surface area (Å²) in [7, 11) is 0. The van der Waals surface area contributed by atoms with Crippen LogP contribution in [-0.2, 0) is 0 Å². The van der Waals surface area contributed by atoms with Crippen LogP contribution in [0.5, 0.6) is 0 Å². The maximum atomic E-state index is 11.3. The Hall–Kier alpha value is -1.44. The van der Waals surface area contributed by atoms with Crippen molar-refractivity contribution in [1.82, 2.24) is 14.8 Å². The number of carbonyl (C=O) groups excluding carboxylic acids is 1. The van der Waals surface area contributed by atoms with E-state index in [9.17, 15) is 4.79 Å². The van der Waals surface area contributed by atoms with Gasteiger partial charge in [0.05, 0.1) is 15.3 Å². The van der Waals surface area contributed by atoms with E-state index in [-0.39, 0.29) is 0 Å². The van der Waals surface area contributed by atoms with Crippen LogP contribution in [0.25, 0.3) is 5.82 Å². The van der Waals surface area contributed by atoms with E-state index in [1.54, 1.807) is 29.2 Å². The quantitative estimate of drug-likeness (QED) is 0.844. The molecule has 0 aromatic carbocycles. The Balaban J connectivity index is 2.62. The minimum absolute atomic E-state index is 0.366. The van der Waals surface area contributed by atoms with Crippen LogP contribution in [0.1, 0.15) is 16.1 Å². The van der Waals surface area contributed by atoms with Crippen molar-refractivity contribution >= 4 is 28.5 Å². The number of aryl methyl sites for hydroxylation is 1. The van der Waals surface area contributed by atoms with Crippen LogP contribution in [0.2, 0.25) is 0 Å². The molecule has 2 aromatic heterocycles. The van der Waals surface area contributed by atoms with Gasteiger partial charge in [-0.15, -0.1) is 0 Å². The lowest BCUT2D eigenvalue weighted by Gasteiger charge is -2.06. The molecule has 0 atom stereocenters. The summed E-state index contributed by atoms with van der Waals surface area (Å²) in [5.41, 5.74) is 6.46. The molecule has 0 aliphatic rings. The van der Waals surface area contributed by atoms with Gasteiger partial charge < -0.3 is 5.73 Å². The monoisotopic (exact) mass is 328 g/mol. The van der Waals surface area contributed by atoms with E-state index in [1.165, 1.54) is 0 Å². The van der Waals surface area contributed by atoms with Gasteiger partial charge in [-0.1, -0.05) is 0 Å². The Labute approximate surface area is 106 Å². The van der Waals surface area contributed by atoms with Crippen LogP contribution in [0, 0.1) is 10.5 Å². The van der Waals surface area contributed by atoms with Crippen LogP contribution in [0.3, 0.4) is 0 Å². The molecule has 2 rings (SSSR count). The normalized spacial score (nSPS) is 10.4. The van der Waals surface area contributed by atoms with Crippen molar-refractivity contribution in [2.45, 2.75) is 6.92 Å². The molecule has 2 aromatic rings. The molecule has 0 unspecified atom stereocenters. The van der Waals surface area contributed by atoms with Gasteiger partial charge in [0.15, 0.2) is 5.82 Å². The summed E-state index contributed by atoms with van der Waals surface area (Å²) in [6.45, 7) is 1.85. The fourth-order valence-corrected chi connectivity index (χ4v) is 1.72. The third-order valence-corrected chi connectivity index (χ3v) is 2.60. The molecule has 0 bridgehead atoms. The number of carbonyl (C=O) groups is 1. The first-order valence-electron chi connectivity index (χ1n) is 4.56. The lowest BCUT2D eigenvalue weighted by Crippen LogP contribution is -2.16. The highest BCUT2D eigenvalue weighted by atomic mass is 127. The van der Waals surface area contributed by atoms with Crippen molar-refractivity contribution in [1.29, 1.82) is 0 Å². The smallest absolute Gasteiger partial charge is 0.252 e. The zero-order chi connectivity index (χ0) is 11.7. The van der Waals surface area contributed by atoms with Crippen molar-refractivity contribution < 1.29 is 4.79 Å². The summed E-state index contributed by atoms with van der Waals surface area (Å²) >= 11 is 2.14. The van der Waals surface area contributed by atoms with E-state index in [4.69, 9.17) is 5.73 Å². The van der Waals surface area contributed by atoms with Gasteiger partial charge in [-0.2, -0.15) is 5.10 Å². The first-order valence-corrected chi connectivity index (χ1v) is 5.64. The first kappa shape index (κ1) is 11.1. The van der Waals surface area contributed by atoms with E-state index in [2.05, 4.69) is 32.7 Å². The van der Waals surface area contributed by atoms with E-state index in [0.29, 0.717) is 11.4 Å². The van der Waals surface area contributed by atoms with Gasteiger partial charge in [0.2, 0.25) is 0 Å². The number of hydrogen-bond donors (Lipinski definition) is 1. The maximum Gasteiger partial charge on any atom is 0.252 e. The van der Waals surface area contributed by atoms with Gasteiger partial charge in [0.1, 0.15) is 0 Å². The molecule has 0 aliphatic carbocycles. The fourth-order valence-electron chi connectivity index (χ4n) is 1.33. The van der Waals surface area contributed by atoms with E-state index < -0.39 is 5.91 Å². The van der Waals surface area contributed by atoms with Gasteiger partial charge in [0, 0.05) is 11.9 Å². The second-order valence-corrected chi connectivity index (χ2v) is 4.54. The number of nitrogens with zero attached hydrogens (tertiary/aromatic N) is 3. The average Bonchev–Trinajstić information content (AvgIpc) is 2.64. The molecular weight excluding hydrogens is 319 g/mol. The second kappa shape index (κ2) is 4.20. The van der Waals surface area contributed by atoms with Crippen LogP contribution in [0.4, 0.5) is 0 Å². The first-order chi connectivity index (χ1) is 7.58. The number of primary amides is 1. The molecule has 0 radical (unpaired) electrons. The molecule has 6 heteroatoms. The number of aromatic nitrogens is 3. The van der Waals surface area contributed by atoms with E-state index in [1.807, 2.05) is 6.92 Å². The highest BCUT2D eigenvalue weighted by Crippen LogP contribution is 2.13. The molecule has 0 saturated carbocycles. The molecule has 5 nitrogen and oxygen atoms in total. The standard InChI is InChI=1S/C10H9IN4O/c1-6-2-3-8(9(12)16)10(14-6)15-5-7(11)4-13-15/h2-5H,1H3,(H2,12,16). The third-order valence-electron chi connectivity index (χ3n) is 2.05. The molecule has 0 aliphatic heterocycles. The van der Waals surface area contributed by atoms with Crippen molar-refractivity contribution in [3.05, 3.63) is 39.4 Å². The second-order valence-electron chi connectivity index (χ2n) is 3.29. The maximum absolute atomic E-state index is 11.3. The van der Waals surface area contributed by atoms with Gasteiger partial charge in [0.25, 0.3) is 5.91 Å². The molecule has 0 fully saturated rings. The van der Waals surface area contributed by atoms with E-state index in [0.717, 1.165) is 9.26 Å². The van der Waals surface area contributed by atoms with Crippen molar-refractivity contribution in [2.24, 2.45) is 5.73 Å². The fraction of sp³-hybridized carbons (Fsp3) is 0.100. The Kier molecular flexibility index (Phi) is 2.90. The summed E-state index contributed by atoms with van der Waals surface area (Å²) in [5.74, 6) is -0.0385. The summed E-state index contributed by atoms with van der Waals surface area (Å²) in [5, 5.41) is 4.11. The Morgan fingerprint density at radius 2 is 2.25 bits per heavy atom. The van der Waals surface area contributed by atoms with Gasteiger partial charge in [-0.25, -0.2) is 9.67 Å². The Morgan fingerprint density at radius 1 is 1.50 bits per heavy atom. The molecule has 2 N–H and O–H groups in total. The molecule has 1 amide bonds. The van der Waals surface area contributed by atoms with E-state index >= 15 is 0 Å². The summed E-state index contributed by atoms with van der Waals surface area (Å²) in [4.78, 5) is 15.5. The van der Waals surface area contributed by atoms with Crippen LogP contribution in [-0.4, -0.2) is 20.7 Å². The summed E-state index contributed by atoms with van der Waals surface area (Å²) < 4.78 is 2.52. The highest BCUT2D eigenvalue weighted by molar-refractivity contribution is 14.1. The van der Waals surface area contributed by atoms with Gasteiger partial charge >= 0.3 is 0 Å². The van der Waals surface area contributed by atoms with Crippen LogP contribution in [0.15, 0.2) is 24.5 Å². The topological polar surface area (TPSA) is 73.8 Å². The predicted molar refractivity (Wildman–Crippen MR) is 67.3 cm³/mol. The Morgan fingerprint density at radius 3 is 2.81 bits per heavy atom. The molecule has 0 spiro atoms. The van der Waals surface area contributed by atoms with Crippen LogP contribution >= 0.6 is 22.6 Å². The number of hydrogen-bond acceptors (Lipinski definition) is 3. The minimum Gasteiger partial charge on any atom is -0.365 e.